The van der Waals surface area contributed by atoms with E-state index in [1.165, 1.54) is 16.8 Å². The molecule has 0 N–H and O–H groups in total. The summed E-state index contributed by atoms with van der Waals surface area (Å²) in [6.07, 6.45) is 10.6. The summed E-state index contributed by atoms with van der Waals surface area (Å²) in [5.74, 6) is 0. The van der Waals surface area contributed by atoms with Crippen LogP contribution in [-0.2, 0) is 6.42 Å². The summed E-state index contributed by atoms with van der Waals surface area (Å²) in [5, 5.41) is 0. The van der Waals surface area contributed by atoms with Gasteiger partial charge in [0.25, 0.3) is 0 Å². The van der Waals surface area contributed by atoms with E-state index in [4.69, 9.17) is 0 Å². The van der Waals surface area contributed by atoms with E-state index in [9.17, 15) is 0 Å². The first-order chi connectivity index (χ1) is 7.59. The summed E-state index contributed by atoms with van der Waals surface area (Å²) in [5.41, 5.74) is 4.24. The molecule has 0 bridgehead atoms. The molecule has 0 radical (unpaired) electrons. The second-order valence-electron chi connectivity index (χ2n) is 5.15. The number of hydrogen-bond acceptors (Lipinski definition) is 1. The Labute approximate surface area is 97.9 Å². The SMILES string of the molecule is Cc1cccnc1CC(C)(C)C1=CC=CC1. The molecule has 1 aliphatic rings. The Bertz CT molecular complexity index is 439. The van der Waals surface area contributed by atoms with Gasteiger partial charge in [0.15, 0.2) is 0 Å². The maximum atomic E-state index is 4.49. The van der Waals surface area contributed by atoms with Crippen LogP contribution in [0.3, 0.4) is 0 Å². The van der Waals surface area contributed by atoms with Crippen molar-refractivity contribution in [3.8, 4) is 0 Å². The number of aryl methyl sites for hydroxylation is 1. The summed E-state index contributed by atoms with van der Waals surface area (Å²) >= 11 is 0. The summed E-state index contributed by atoms with van der Waals surface area (Å²) in [6, 6.07) is 4.14. The third-order valence-electron chi connectivity index (χ3n) is 3.37. The fourth-order valence-electron chi connectivity index (χ4n) is 2.18. The Balaban J connectivity index is 2.18. The van der Waals surface area contributed by atoms with Crippen LogP contribution in [0.1, 0.15) is 31.5 Å². The van der Waals surface area contributed by atoms with Gasteiger partial charge >= 0.3 is 0 Å². The lowest BCUT2D eigenvalue weighted by Crippen LogP contribution is -2.18. The second-order valence-corrected chi connectivity index (χ2v) is 5.15. The summed E-state index contributed by atoms with van der Waals surface area (Å²) in [4.78, 5) is 4.49. The van der Waals surface area contributed by atoms with Crippen LogP contribution in [-0.4, -0.2) is 4.98 Å². The first-order valence-electron chi connectivity index (χ1n) is 5.86. The molecule has 0 aromatic carbocycles. The molecule has 0 unspecified atom stereocenters. The zero-order valence-corrected chi connectivity index (χ0v) is 10.3. The van der Waals surface area contributed by atoms with Crippen LogP contribution in [0.5, 0.6) is 0 Å². The van der Waals surface area contributed by atoms with Gasteiger partial charge in [0.2, 0.25) is 0 Å². The van der Waals surface area contributed by atoms with Gasteiger partial charge in [-0.1, -0.05) is 43.7 Å². The summed E-state index contributed by atoms with van der Waals surface area (Å²) in [7, 11) is 0. The molecule has 0 saturated carbocycles. The van der Waals surface area contributed by atoms with Crippen molar-refractivity contribution in [2.45, 2.75) is 33.6 Å². The van der Waals surface area contributed by atoms with Crippen molar-refractivity contribution in [1.29, 1.82) is 0 Å². The zero-order chi connectivity index (χ0) is 11.6. The van der Waals surface area contributed by atoms with E-state index in [1.807, 2.05) is 12.3 Å². The van der Waals surface area contributed by atoms with Crippen molar-refractivity contribution in [3.63, 3.8) is 0 Å². The van der Waals surface area contributed by atoms with Gasteiger partial charge in [0.1, 0.15) is 0 Å². The average molecular weight is 213 g/mol. The molecule has 0 fully saturated rings. The number of rotatable bonds is 3. The van der Waals surface area contributed by atoms with Crippen LogP contribution in [0.25, 0.3) is 0 Å². The molecule has 0 atom stereocenters. The third-order valence-corrected chi connectivity index (χ3v) is 3.37. The highest BCUT2D eigenvalue weighted by Gasteiger charge is 2.24. The average Bonchev–Trinajstić information content (AvgIpc) is 2.75. The molecule has 1 aliphatic carbocycles. The van der Waals surface area contributed by atoms with Crippen LogP contribution in [0.2, 0.25) is 0 Å². The predicted octanol–water partition coefficient (Wildman–Crippen LogP) is 3.85. The maximum absolute atomic E-state index is 4.49. The van der Waals surface area contributed by atoms with E-state index in [2.05, 4.69) is 50.0 Å². The van der Waals surface area contributed by atoms with Gasteiger partial charge in [-0.2, -0.15) is 0 Å². The van der Waals surface area contributed by atoms with Gasteiger partial charge in [-0.15, -0.1) is 0 Å². The Morgan fingerprint density at radius 3 is 2.81 bits per heavy atom. The number of hydrogen-bond donors (Lipinski definition) is 0. The predicted molar refractivity (Wildman–Crippen MR) is 68.3 cm³/mol. The fraction of sp³-hybridized carbons (Fsp3) is 0.400. The van der Waals surface area contributed by atoms with Crippen LogP contribution >= 0.6 is 0 Å². The van der Waals surface area contributed by atoms with E-state index in [1.54, 1.807) is 0 Å². The number of allylic oxidation sites excluding steroid dienone is 4. The van der Waals surface area contributed by atoms with Gasteiger partial charge in [-0.05, 0) is 36.8 Å². The molecule has 2 rings (SSSR count). The number of aromatic nitrogens is 1. The molecule has 84 valence electrons. The minimum atomic E-state index is 0.211. The zero-order valence-electron chi connectivity index (χ0n) is 10.3. The molecular formula is C15H19N. The molecule has 0 aliphatic heterocycles. The Morgan fingerprint density at radius 2 is 2.19 bits per heavy atom. The molecule has 0 spiro atoms. The molecule has 16 heavy (non-hydrogen) atoms. The quantitative estimate of drug-likeness (QED) is 0.743. The lowest BCUT2D eigenvalue weighted by Gasteiger charge is -2.26. The lowest BCUT2D eigenvalue weighted by molar-refractivity contribution is 0.431. The Morgan fingerprint density at radius 1 is 1.38 bits per heavy atom. The molecule has 0 amide bonds. The van der Waals surface area contributed by atoms with E-state index in [0.29, 0.717) is 0 Å². The van der Waals surface area contributed by atoms with Gasteiger partial charge in [-0.3, -0.25) is 4.98 Å². The minimum Gasteiger partial charge on any atom is -0.261 e. The molecule has 1 heteroatoms. The van der Waals surface area contributed by atoms with Crippen molar-refractivity contribution in [3.05, 3.63) is 53.4 Å². The third kappa shape index (κ3) is 2.24. The molecular weight excluding hydrogens is 194 g/mol. The van der Waals surface area contributed by atoms with Crippen molar-refractivity contribution >= 4 is 0 Å². The van der Waals surface area contributed by atoms with Crippen LogP contribution in [0.4, 0.5) is 0 Å². The van der Waals surface area contributed by atoms with Crippen molar-refractivity contribution < 1.29 is 0 Å². The molecule has 1 aromatic rings. The Hall–Kier alpha value is -1.37. The summed E-state index contributed by atoms with van der Waals surface area (Å²) in [6.45, 7) is 6.75. The van der Waals surface area contributed by atoms with Crippen molar-refractivity contribution in [2.75, 3.05) is 0 Å². The smallest absolute Gasteiger partial charge is 0.0441 e. The van der Waals surface area contributed by atoms with Crippen LogP contribution in [0.15, 0.2) is 42.1 Å². The van der Waals surface area contributed by atoms with E-state index in [0.717, 1.165) is 12.8 Å². The van der Waals surface area contributed by atoms with E-state index < -0.39 is 0 Å². The largest absolute Gasteiger partial charge is 0.261 e. The highest BCUT2D eigenvalue weighted by atomic mass is 14.7. The van der Waals surface area contributed by atoms with Gasteiger partial charge in [0, 0.05) is 11.9 Å². The van der Waals surface area contributed by atoms with Crippen molar-refractivity contribution in [1.82, 2.24) is 4.98 Å². The number of nitrogens with zero attached hydrogens (tertiary/aromatic N) is 1. The lowest BCUT2D eigenvalue weighted by atomic mass is 9.79. The highest BCUT2D eigenvalue weighted by molar-refractivity contribution is 5.30. The molecule has 1 nitrogen and oxygen atoms in total. The van der Waals surface area contributed by atoms with E-state index in [-0.39, 0.29) is 5.41 Å². The first kappa shape index (κ1) is 11.1. The van der Waals surface area contributed by atoms with Crippen molar-refractivity contribution in [2.24, 2.45) is 5.41 Å². The van der Waals surface area contributed by atoms with Gasteiger partial charge < -0.3 is 0 Å². The van der Waals surface area contributed by atoms with Crippen LogP contribution < -0.4 is 0 Å². The number of pyridine rings is 1. The summed E-state index contributed by atoms with van der Waals surface area (Å²) < 4.78 is 0. The maximum Gasteiger partial charge on any atom is 0.0441 e. The van der Waals surface area contributed by atoms with E-state index >= 15 is 0 Å². The second kappa shape index (κ2) is 4.25. The van der Waals surface area contributed by atoms with Gasteiger partial charge in [0.05, 0.1) is 0 Å². The topological polar surface area (TPSA) is 12.9 Å². The van der Waals surface area contributed by atoms with Gasteiger partial charge in [-0.25, -0.2) is 0 Å². The fourth-order valence-corrected chi connectivity index (χ4v) is 2.18. The monoisotopic (exact) mass is 213 g/mol. The normalized spacial score (nSPS) is 15.3. The standard InChI is InChI=1S/C15H19N/c1-12-7-6-10-16-14(12)11-15(2,3)13-8-4-5-9-13/h4-8,10H,9,11H2,1-3H3. The first-order valence-corrected chi connectivity index (χ1v) is 5.86. The molecule has 1 heterocycles. The Kier molecular flexibility index (Phi) is 2.95. The minimum absolute atomic E-state index is 0.211. The molecule has 0 saturated heterocycles. The molecule has 1 aromatic heterocycles. The highest BCUT2D eigenvalue weighted by Crippen LogP contribution is 2.35. The van der Waals surface area contributed by atoms with Crippen LogP contribution in [0, 0.1) is 12.3 Å².